The van der Waals surface area contributed by atoms with E-state index in [0.29, 0.717) is 16.3 Å². The van der Waals surface area contributed by atoms with Gasteiger partial charge in [-0.1, -0.05) is 23.7 Å². The first kappa shape index (κ1) is 20.8. The number of para-hydroxylation sites is 1. The summed E-state index contributed by atoms with van der Waals surface area (Å²) < 4.78 is 24.6. The maximum Gasteiger partial charge on any atom is 0.261 e. The summed E-state index contributed by atoms with van der Waals surface area (Å²) in [7, 11) is -3.09. The number of fused-ring (bicyclic) bond motifs is 1. The van der Waals surface area contributed by atoms with E-state index < -0.39 is 15.4 Å². The van der Waals surface area contributed by atoms with Crippen molar-refractivity contribution in [1.29, 1.82) is 0 Å². The van der Waals surface area contributed by atoms with Gasteiger partial charge in [0.05, 0.1) is 27.0 Å². The normalized spacial score (nSPS) is 12.5. The summed E-state index contributed by atoms with van der Waals surface area (Å²) in [5.74, 6) is -0.211. The van der Waals surface area contributed by atoms with Crippen LogP contribution in [-0.2, 0) is 9.84 Å². The molecule has 0 radical (unpaired) electrons. The number of benzene rings is 1. The highest BCUT2D eigenvalue weighted by molar-refractivity contribution is 7.90. The van der Waals surface area contributed by atoms with Crippen LogP contribution >= 0.6 is 22.9 Å². The fraction of sp³-hybridized carbons (Fsp3) is 0.368. The van der Waals surface area contributed by atoms with Crippen molar-refractivity contribution in [2.75, 3.05) is 12.0 Å². The van der Waals surface area contributed by atoms with Crippen molar-refractivity contribution in [3.63, 3.8) is 0 Å². The lowest BCUT2D eigenvalue weighted by molar-refractivity contribution is 0.0915. The van der Waals surface area contributed by atoms with Gasteiger partial charge in [-0.25, -0.2) is 13.1 Å². The molecule has 1 N–H and O–H groups in total. The lowest BCUT2D eigenvalue weighted by atomic mass is 10.0. The average molecular weight is 440 g/mol. The largest absolute Gasteiger partial charge is 0.346 e. The maximum absolute atomic E-state index is 12.8. The van der Waals surface area contributed by atoms with Crippen LogP contribution in [0.15, 0.2) is 30.3 Å². The number of thiophene rings is 1. The highest BCUT2D eigenvalue weighted by Crippen LogP contribution is 2.32. The quantitative estimate of drug-likeness (QED) is 0.629. The second-order valence-corrected chi connectivity index (χ2v) is 11.2. The minimum atomic E-state index is -3.09. The number of nitrogens with zero attached hydrogens (tertiary/aromatic N) is 2. The van der Waals surface area contributed by atoms with Crippen LogP contribution in [0.1, 0.15) is 35.6 Å². The fourth-order valence-corrected chi connectivity index (χ4v) is 4.99. The summed E-state index contributed by atoms with van der Waals surface area (Å²) in [6.07, 6.45) is 1.54. The van der Waals surface area contributed by atoms with E-state index in [1.807, 2.05) is 45.0 Å². The molecular formula is C19H22ClN3O3S2. The maximum atomic E-state index is 12.8. The van der Waals surface area contributed by atoms with Gasteiger partial charge < -0.3 is 5.32 Å². The molecule has 0 aliphatic carbocycles. The number of rotatable bonds is 6. The molecule has 0 atom stereocenters. The number of nitrogens with one attached hydrogen (secondary N) is 1. The van der Waals surface area contributed by atoms with Gasteiger partial charge >= 0.3 is 0 Å². The molecule has 6 nitrogen and oxygen atoms in total. The van der Waals surface area contributed by atoms with Crippen molar-refractivity contribution in [1.82, 2.24) is 15.1 Å². The molecule has 0 spiro atoms. The number of aryl methyl sites for hydroxylation is 1. The van der Waals surface area contributed by atoms with E-state index in [1.54, 1.807) is 10.7 Å². The Labute approximate surface area is 173 Å². The Kier molecular flexibility index (Phi) is 5.58. The van der Waals surface area contributed by atoms with Crippen molar-refractivity contribution >= 4 is 48.9 Å². The molecule has 0 aliphatic rings. The Balaban J connectivity index is 1.90. The summed E-state index contributed by atoms with van der Waals surface area (Å²) in [6.45, 7) is 5.53. The van der Waals surface area contributed by atoms with Crippen LogP contribution in [0.3, 0.4) is 0 Å². The molecule has 9 heteroatoms. The summed E-state index contributed by atoms with van der Waals surface area (Å²) in [6, 6.07) is 9.23. The number of aromatic nitrogens is 2. The molecule has 0 unspecified atom stereocenters. The highest BCUT2D eigenvalue weighted by atomic mass is 35.5. The monoisotopic (exact) mass is 439 g/mol. The minimum Gasteiger partial charge on any atom is -0.346 e. The number of carbonyl (C=O) groups excluding carboxylic acids is 1. The molecule has 1 amide bonds. The van der Waals surface area contributed by atoms with E-state index >= 15 is 0 Å². The smallest absolute Gasteiger partial charge is 0.261 e. The molecule has 28 heavy (non-hydrogen) atoms. The van der Waals surface area contributed by atoms with Crippen molar-refractivity contribution in [3.8, 4) is 5.69 Å². The van der Waals surface area contributed by atoms with E-state index in [4.69, 9.17) is 11.6 Å². The van der Waals surface area contributed by atoms with Gasteiger partial charge in [-0.15, -0.1) is 11.3 Å². The van der Waals surface area contributed by atoms with E-state index in [0.717, 1.165) is 21.6 Å². The van der Waals surface area contributed by atoms with E-state index in [2.05, 4.69) is 10.4 Å². The van der Waals surface area contributed by atoms with Crippen molar-refractivity contribution in [2.24, 2.45) is 0 Å². The number of sulfone groups is 1. The Hall–Kier alpha value is -1.90. The summed E-state index contributed by atoms with van der Waals surface area (Å²) in [4.78, 5) is 14.2. The Bertz CT molecular complexity index is 1150. The number of halogens is 1. The first-order valence-corrected chi connectivity index (χ1v) is 12.0. The van der Waals surface area contributed by atoms with Crippen LogP contribution in [0.4, 0.5) is 0 Å². The third-order valence-corrected chi connectivity index (χ3v) is 6.77. The molecule has 3 rings (SSSR count). The molecule has 2 heterocycles. The number of amides is 1. The van der Waals surface area contributed by atoms with Crippen molar-refractivity contribution in [3.05, 3.63) is 45.9 Å². The third kappa shape index (κ3) is 4.56. The first-order valence-electron chi connectivity index (χ1n) is 8.71. The van der Waals surface area contributed by atoms with Gasteiger partial charge in [0, 0.05) is 17.2 Å². The predicted octanol–water partition coefficient (Wildman–Crippen LogP) is 3.99. The van der Waals surface area contributed by atoms with E-state index in [1.165, 1.54) is 17.6 Å². The van der Waals surface area contributed by atoms with Crippen LogP contribution in [0.2, 0.25) is 5.02 Å². The highest BCUT2D eigenvalue weighted by Gasteiger charge is 2.25. The van der Waals surface area contributed by atoms with E-state index in [-0.39, 0.29) is 11.7 Å². The molecule has 2 aromatic heterocycles. The molecule has 3 aromatic rings. The van der Waals surface area contributed by atoms with Crippen LogP contribution in [0.5, 0.6) is 0 Å². The number of carbonyl (C=O) groups is 1. The number of hydrogen-bond acceptors (Lipinski definition) is 5. The van der Waals surface area contributed by atoms with E-state index in [9.17, 15) is 13.2 Å². The average Bonchev–Trinajstić information content (AvgIpc) is 3.14. The SMILES string of the molecule is Cc1nn(-c2ccccc2Cl)c2sc(C(=O)NC(C)(C)CCS(C)(=O)=O)cc12. The molecule has 0 fully saturated rings. The summed E-state index contributed by atoms with van der Waals surface area (Å²) in [5, 5.41) is 8.96. The Morgan fingerprint density at radius 2 is 2.00 bits per heavy atom. The van der Waals surface area contributed by atoms with Gasteiger partial charge in [0.25, 0.3) is 5.91 Å². The van der Waals surface area contributed by atoms with Crippen LogP contribution in [-0.4, -0.2) is 41.7 Å². The summed E-state index contributed by atoms with van der Waals surface area (Å²) >= 11 is 7.64. The number of hydrogen-bond donors (Lipinski definition) is 1. The molecule has 150 valence electrons. The molecular weight excluding hydrogens is 418 g/mol. The summed E-state index contributed by atoms with van der Waals surface area (Å²) in [5.41, 5.74) is 0.922. The zero-order valence-electron chi connectivity index (χ0n) is 16.1. The molecule has 0 bridgehead atoms. The third-order valence-electron chi connectivity index (χ3n) is 4.40. The first-order chi connectivity index (χ1) is 13.0. The van der Waals surface area contributed by atoms with Gasteiger partial charge in [-0.05, 0) is 45.4 Å². The van der Waals surface area contributed by atoms with Gasteiger partial charge in [-0.2, -0.15) is 5.10 Å². The predicted molar refractivity (Wildman–Crippen MR) is 115 cm³/mol. The van der Waals surface area contributed by atoms with Crippen molar-refractivity contribution < 1.29 is 13.2 Å². The Morgan fingerprint density at radius 3 is 2.64 bits per heavy atom. The topological polar surface area (TPSA) is 81.1 Å². The lowest BCUT2D eigenvalue weighted by Crippen LogP contribution is -2.44. The van der Waals surface area contributed by atoms with Gasteiger partial charge in [0.1, 0.15) is 14.7 Å². The Morgan fingerprint density at radius 1 is 1.32 bits per heavy atom. The van der Waals surface area contributed by atoms with Gasteiger partial charge in [-0.3, -0.25) is 4.79 Å². The second kappa shape index (κ2) is 7.50. The molecule has 0 aliphatic heterocycles. The zero-order valence-corrected chi connectivity index (χ0v) is 18.5. The molecule has 0 saturated carbocycles. The van der Waals surface area contributed by atoms with Crippen LogP contribution in [0.25, 0.3) is 15.9 Å². The second-order valence-electron chi connectivity index (χ2n) is 7.50. The van der Waals surface area contributed by atoms with Crippen LogP contribution in [0, 0.1) is 6.92 Å². The van der Waals surface area contributed by atoms with Crippen molar-refractivity contribution in [2.45, 2.75) is 32.7 Å². The zero-order chi connectivity index (χ0) is 20.7. The minimum absolute atomic E-state index is 0.0211. The lowest BCUT2D eigenvalue weighted by Gasteiger charge is -2.25. The van der Waals surface area contributed by atoms with Gasteiger partial charge in [0.2, 0.25) is 0 Å². The van der Waals surface area contributed by atoms with Gasteiger partial charge in [0.15, 0.2) is 0 Å². The standard InChI is InChI=1S/C19H22ClN3O3S2/c1-12-13-11-16(17(24)21-19(2,3)9-10-28(4,25)26)27-18(13)23(22-12)15-8-6-5-7-14(15)20/h5-8,11H,9-10H2,1-4H3,(H,21,24). The van der Waals surface area contributed by atoms with Crippen LogP contribution < -0.4 is 5.32 Å². The molecule has 1 aromatic carbocycles. The fourth-order valence-electron chi connectivity index (χ4n) is 2.82. The molecule has 0 saturated heterocycles.